The summed E-state index contributed by atoms with van der Waals surface area (Å²) < 4.78 is 1.91. The summed E-state index contributed by atoms with van der Waals surface area (Å²) in [6.07, 6.45) is 4.75. The molecule has 0 aliphatic carbocycles. The van der Waals surface area contributed by atoms with Gasteiger partial charge in [-0.1, -0.05) is 0 Å². The van der Waals surface area contributed by atoms with Gasteiger partial charge in [0.05, 0.1) is 5.92 Å². The van der Waals surface area contributed by atoms with Crippen molar-refractivity contribution in [1.82, 2.24) is 19.8 Å². The molecule has 20 heavy (non-hydrogen) atoms. The highest BCUT2D eigenvalue weighted by molar-refractivity contribution is 5.78. The maximum Gasteiger partial charge on any atom is 0.317 e. The highest BCUT2D eigenvalue weighted by Crippen LogP contribution is 2.24. The van der Waals surface area contributed by atoms with Crippen molar-refractivity contribution >= 4 is 12.0 Å². The van der Waals surface area contributed by atoms with Gasteiger partial charge in [-0.05, 0) is 13.3 Å². The molecule has 2 amide bonds. The fourth-order valence-corrected chi connectivity index (χ4v) is 2.58. The fraction of sp³-hybridized carbons (Fsp3) is 0.615. The third-order valence-corrected chi connectivity index (χ3v) is 3.88. The molecule has 0 radical (unpaired) electrons. The van der Waals surface area contributed by atoms with Crippen LogP contribution in [0.25, 0.3) is 0 Å². The summed E-state index contributed by atoms with van der Waals surface area (Å²) >= 11 is 0. The lowest BCUT2D eigenvalue weighted by Crippen LogP contribution is -2.44. The number of urea groups is 1. The number of aromatic nitrogens is 2. The van der Waals surface area contributed by atoms with Gasteiger partial charge in [-0.25, -0.2) is 9.78 Å². The van der Waals surface area contributed by atoms with Crippen molar-refractivity contribution in [2.45, 2.75) is 25.8 Å². The molecule has 1 saturated heterocycles. The smallest absolute Gasteiger partial charge is 0.317 e. The number of carboxylic acid groups (broad SMARTS) is 1. The van der Waals surface area contributed by atoms with Crippen LogP contribution in [-0.2, 0) is 18.3 Å². The van der Waals surface area contributed by atoms with E-state index in [0.29, 0.717) is 25.9 Å². The van der Waals surface area contributed by atoms with Gasteiger partial charge in [0.25, 0.3) is 0 Å². The van der Waals surface area contributed by atoms with Gasteiger partial charge in [-0.15, -0.1) is 0 Å². The van der Waals surface area contributed by atoms with E-state index >= 15 is 0 Å². The summed E-state index contributed by atoms with van der Waals surface area (Å²) in [4.78, 5) is 28.8. The number of hydrogen-bond acceptors (Lipinski definition) is 3. The molecule has 7 nitrogen and oxygen atoms in total. The van der Waals surface area contributed by atoms with Gasteiger partial charge < -0.3 is 19.9 Å². The molecule has 1 aliphatic heterocycles. The van der Waals surface area contributed by atoms with Crippen LogP contribution in [0.15, 0.2) is 12.4 Å². The zero-order valence-corrected chi connectivity index (χ0v) is 11.7. The Labute approximate surface area is 117 Å². The van der Waals surface area contributed by atoms with Crippen molar-refractivity contribution in [3.8, 4) is 0 Å². The van der Waals surface area contributed by atoms with Gasteiger partial charge in [0.1, 0.15) is 5.82 Å². The Balaban J connectivity index is 1.81. The van der Waals surface area contributed by atoms with Crippen molar-refractivity contribution in [2.75, 3.05) is 13.1 Å². The Hall–Kier alpha value is -2.05. The van der Waals surface area contributed by atoms with Gasteiger partial charge in [-0.2, -0.15) is 0 Å². The number of likely N-dealkylation sites (tertiary alicyclic amines) is 1. The minimum absolute atomic E-state index is 0.199. The first-order valence-electron chi connectivity index (χ1n) is 6.74. The maximum atomic E-state index is 12.0. The second-order valence-corrected chi connectivity index (χ2v) is 5.10. The summed E-state index contributed by atoms with van der Waals surface area (Å²) in [5, 5.41) is 11.9. The van der Waals surface area contributed by atoms with Crippen LogP contribution in [0, 0.1) is 5.92 Å². The standard InChI is InChI=1S/C13H20N4O3/c1-9-10(12(18)19)4-7-17(9)13(20)15-5-3-11-14-6-8-16(11)2/h6,8-10H,3-5,7H2,1-2H3,(H,15,20)(H,18,19). The molecular weight excluding hydrogens is 260 g/mol. The highest BCUT2D eigenvalue weighted by atomic mass is 16.4. The van der Waals surface area contributed by atoms with Gasteiger partial charge in [0, 0.05) is 45.0 Å². The molecule has 0 bridgehead atoms. The number of carboxylic acids is 1. The van der Waals surface area contributed by atoms with Crippen LogP contribution in [-0.4, -0.2) is 50.7 Å². The normalized spacial score (nSPS) is 22.0. The number of aliphatic carboxylic acids is 1. The Bertz CT molecular complexity index is 500. The SMILES string of the molecule is CC1C(C(=O)O)CCN1C(=O)NCCc1nccn1C. The van der Waals surface area contributed by atoms with Crippen molar-refractivity contribution in [2.24, 2.45) is 13.0 Å². The van der Waals surface area contributed by atoms with Crippen molar-refractivity contribution in [3.05, 3.63) is 18.2 Å². The third-order valence-electron chi connectivity index (χ3n) is 3.88. The quantitative estimate of drug-likeness (QED) is 0.839. The molecule has 7 heteroatoms. The van der Waals surface area contributed by atoms with Crippen molar-refractivity contribution in [1.29, 1.82) is 0 Å². The first-order valence-corrected chi connectivity index (χ1v) is 6.74. The molecule has 1 aliphatic rings. The van der Waals surface area contributed by atoms with E-state index in [1.807, 2.05) is 17.8 Å². The van der Waals surface area contributed by atoms with Crippen LogP contribution in [0.2, 0.25) is 0 Å². The number of nitrogens with zero attached hydrogens (tertiary/aromatic N) is 3. The van der Waals surface area contributed by atoms with E-state index in [4.69, 9.17) is 5.11 Å². The molecular formula is C13H20N4O3. The van der Waals surface area contributed by atoms with Crippen LogP contribution in [0.3, 0.4) is 0 Å². The predicted molar refractivity (Wildman–Crippen MR) is 72.2 cm³/mol. The zero-order valence-electron chi connectivity index (χ0n) is 11.7. The van der Waals surface area contributed by atoms with E-state index in [1.165, 1.54) is 0 Å². The molecule has 2 heterocycles. The van der Waals surface area contributed by atoms with E-state index in [9.17, 15) is 9.59 Å². The lowest BCUT2D eigenvalue weighted by molar-refractivity contribution is -0.142. The van der Waals surface area contributed by atoms with Gasteiger partial charge in [0.15, 0.2) is 0 Å². The van der Waals surface area contributed by atoms with Crippen LogP contribution in [0.5, 0.6) is 0 Å². The molecule has 2 unspecified atom stereocenters. The second kappa shape index (κ2) is 5.94. The van der Waals surface area contributed by atoms with Gasteiger partial charge in [0.2, 0.25) is 0 Å². The topological polar surface area (TPSA) is 87.5 Å². The molecule has 110 valence electrons. The van der Waals surface area contributed by atoms with Gasteiger partial charge in [-0.3, -0.25) is 4.79 Å². The Morgan fingerprint density at radius 1 is 1.55 bits per heavy atom. The number of hydrogen-bond donors (Lipinski definition) is 2. The average Bonchev–Trinajstić information content (AvgIpc) is 2.96. The Kier molecular flexibility index (Phi) is 4.26. The number of imidazole rings is 1. The number of nitrogens with one attached hydrogen (secondary N) is 1. The van der Waals surface area contributed by atoms with E-state index in [2.05, 4.69) is 10.3 Å². The van der Waals surface area contributed by atoms with Crippen molar-refractivity contribution < 1.29 is 14.7 Å². The van der Waals surface area contributed by atoms with E-state index < -0.39 is 11.9 Å². The largest absolute Gasteiger partial charge is 0.481 e. The molecule has 0 saturated carbocycles. The van der Waals surface area contributed by atoms with Crippen LogP contribution in [0.4, 0.5) is 4.79 Å². The minimum Gasteiger partial charge on any atom is -0.481 e. The summed E-state index contributed by atoms with van der Waals surface area (Å²) in [5.41, 5.74) is 0. The summed E-state index contributed by atoms with van der Waals surface area (Å²) in [6, 6.07) is -0.462. The number of rotatable bonds is 4. The summed E-state index contributed by atoms with van der Waals surface area (Å²) in [6.45, 7) is 2.77. The predicted octanol–water partition coefficient (Wildman–Crippen LogP) is 0.467. The third kappa shape index (κ3) is 2.92. The first-order chi connectivity index (χ1) is 9.50. The molecule has 1 aromatic rings. The number of aryl methyl sites for hydroxylation is 1. The highest BCUT2D eigenvalue weighted by Gasteiger charge is 2.37. The molecule has 2 atom stereocenters. The lowest BCUT2D eigenvalue weighted by atomic mass is 10.0. The number of amides is 2. The molecule has 0 spiro atoms. The Morgan fingerprint density at radius 3 is 2.85 bits per heavy atom. The molecule has 2 N–H and O–H groups in total. The lowest BCUT2D eigenvalue weighted by Gasteiger charge is -2.23. The van der Waals surface area contributed by atoms with Crippen molar-refractivity contribution in [3.63, 3.8) is 0 Å². The zero-order chi connectivity index (χ0) is 14.7. The fourth-order valence-electron chi connectivity index (χ4n) is 2.58. The Morgan fingerprint density at radius 2 is 2.30 bits per heavy atom. The van der Waals surface area contributed by atoms with Gasteiger partial charge >= 0.3 is 12.0 Å². The van der Waals surface area contributed by atoms with E-state index in [0.717, 1.165) is 5.82 Å². The molecule has 1 aromatic heterocycles. The summed E-state index contributed by atoms with van der Waals surface area (Å²) in [5.74, 6) is -0.390. The van der Waals surface area contributed by atoms with E-state index in [1.54, 1.807) is 18.0 Å². The maximum absolute atomic E-state index is 12.0. The second-order valence-electron chi connectivity index (χ2n) is 5.10. The average molecular weight is 280 g/mol. The van der Waals surface area contributed by atoms with Crippen LogP contribution in [0.1, 0.15) is 19.2 Å². The molecule has 2 rings (SSSR count). The van der Waals surface area contributed by atoms with Crippen LogP contribution >= 0.6 is 0 Å². The minimum atomic E-state index is -0.833. The molecule has 0 aromatic carbocycles. The number of carbonyl (C=O) groups excluding carboxylic acids is 1. The summed E-state index contributed by atoms with van der Waals surface area (Å²) in [7, 11) is 1.91. The van der Waals surface area contributed by atoms with E-state index in [-0.39, 0.29) is 12.1 Å². The van der Waals surface area contributed by atoms with Crippen LogP contribution < -0.4 is 5.32 Å². The monoisotopic (exact) mass is 280 g/mol. The number of carbonyl (C=O) groups is 2. The molecule has 1 fully saturated rings. The first kappa shape index (κ1) is 14.4.